The Hall–Kier alpha value is -1.56. The number of carbonyl (C=O) groups is 1. The van der Waals surface area contributed by atoms with Crippen molar-refractivity contribution in [1.29, 1.82) is 0 Å². The van der Waals surface area contributed by atoms with E-state index in [9.17, 15) is 4.79 Å². The molecule has 0 fully saturated rings. The van der Waals surface area contributed by atoms with E-state index in [-0.39, 0.29) is 11.2 Å². The van der Waals surface area contributed by atoms with E-state index < -0.39 is 0 Å². The van der Waals surface area contributed by atoms with Crippen LogP contribution in [0.15, 0.2) is 12.1 Å². The molecular weight excluding hydrogens is 434 g/mol. The fourth-order valence-corrected chi connectivity index (χ4v) is 5.04. The number of carbonyl (C=O) groups excluding carboxylic acids is 1. The number of unbranched alkanes of at least 4 members (excludes halogenated alkanes) is 10. The Labute approximate surface area is 206 Å². The van der Waals surface area contributed by atoms with Crippen molar-refractivity contribution in [1.82, 2.24) is 0 Å². The van der Waals surface area contributed by atoms with Gasteiger partial charge in [-0.3, -0.25) is 4.79 Å². The molecule has 0 bridgehead atoms. The largest absolute Gasteiger partial charge is 0.496 e. The van der Waals surface area contributed by atoms with Crippen molar-refractivity contribution < 1.29 is 19.0 Å². The van der Waals surface area contributed by atoms with Gasteiger partial charge in [0.2, 0.25) is 5.91 Å². The summed E-state index contributed by atoms with van der Waals surface area (Å²) in [7, 11) is 4.77. The molecule has 0 spiro atoms. The molecule has 1 rings (SSSR count). The van der Waals surface area contributed by atoms with E-state index in [1.807, 2.05) is 0 Å². The summed E-state index contributed by atoms with van der Waals surface area (Å²) < 4.78 is 16.3. The van der Waals surface area contributed by atoms with Crippen molar-refractivity contribution in [3.05, 3.63) is 12.1 Å². The molecule has 0 heterocycles. The van der Waals surface area contributed by atoms with E-state index in [0.717, 1.165) is 18.6 Å². The first-order valence-corrected chi connectivity index (χ1v) is 13.9. The lowest BCUT2D eigenvalue weighted by molar-refractivity contribution is -0.115. The zero-order chi connectivity index (χ0) is 24.3. The Morgan fingerprint density at radius 1 is 0.788 bits per heavy atom. The van der Waals surface area contributed by atoms with Crippen LogP contribution in [0, 0.1) is 0 Å². The maximum atomic E-state index is 13.3. The van der Waals surface area contributed by atoms with Crippen molar-refractivity contribution in [2.24, 2.45) is 0 Å². The number of thioether (sulfide) groups is 1. The van der Waals surface area contributed by atoms with Crippen LogP contribution in [0.1, 0.15) is 97.3 Å². The zero-order valence-corrected chi connectivity index (χ0v) is 22.5. The lowest BCUT2D eigenvalue weighted by Gasteiger charge is -2.20. The highest BCUT2D eigenvalue weighted by Gasteiger charge is 2.22. The average molecular weight is 482 g/mol. The average Bonchev–Trinajstić information content (AvgIpc) is 2.84. The molecule has 6 heteroatoms. The van der Waals surface area contributed by atoms with Crippen LogP contribution in [0.3, 0.4) is 0 Å². The second-order valence-electron chi connectivity index (χ2n) is 8.58. The predicted octanol–water partition coefficient (Wildman–Crippen LogP) is 7.86. The van der Waals surface area contributed by atoms with Gasteiger partial charge in [-0.1, -0.05) is 84.5 Å². The lowest BCUT2D eigenvalue weighted by Crippen LogP contribution is -2.26. The first-order valence-electron chi connectivity index (χ1n) is 12.8. The van der Waals surface area contributed by atoms with Gasteiger partial charge in [-0.15, -0.1) is 11.8 Å². The molecule has 1 atom stereocenters. The number of hydrogen-bond donors (Lipinski definition) is 1. The summed E-state index contributed by atoms with van der Waals surface area (Å²) in [5.74, 6) is 2.76. The van der Waals surface area contributed by atoms with E-state index in [1.165, 1.54) is 70.6 Å². The minimum Gasteiger partial charge on any atom is -0.496 e. The zero-order valence-electron chi connectivity index (χ0n) is 21.7. The third-order valence-corrected chi connectivity index (χ3v) is 7.27. The molecule has 0 aliphatic carbocycles. The minimum absolute atomic E-state index is 0.0258. The van der Waals surface area contributed by atoms with Gasteiger partial charge in [-0.05, 0) is 18.6 Å². The van der Waals surface area contributed by atoms with Gasteiger partial charge in [-0.25, -0.2) is 0 Å². The standard InChI is InChI=1S/C27H47NO4S/c1-6-8-10-12-13-14-15-17-19-33-25(18-16-11-9-7-2)27(29)28-26-23(31-4)20-22(30-3)21-24(26)32-5/h20-21,25H,6-19H2,1-5H3,(H,28,29). The Morgan fingerprint density at radius 3 is 1.82 bits per heavy atom. The van der Waals surface area contributed by atoms with Crippen LogP contribution in [0.5, 0.6) is 17.2 Å². The van der Waals surface area contributed by atoms with Crippen LogP contribution in [0.2, 0.25) is 0 Å². The summed E-state index contributed by atoms with van der Waals surface area (Å²) in [5, 5.41) is 3.02. The quantitative estimate of drug-likeness (QED) is 0.192. The number of rotatable bonds is 20. The normalized spacial score (nSPS) is 11.8. The Morgan fingerprint density at radius 2 is 1.30 bits per heavy atom. The molecule has 33 heavy (non-hydrogen) atoms. The van der Waals surface area contributed by atoms with Gasteiger partial charge in [0, 0.05) is 12.1 Å². The topological polar surface area (TPSA) is 56.8 Å². The van der Waals surface area contributed by atoms with Crippen molar-refractivity contribution in [2.45, 2.75) is 103 Å². The van der Waals surface area contributed by atoms with E-state index in [0.29, 0.717) is 22.9 Å². The number of anilines is 1. The molecule has 0 aromatic heterocycles. The molecule has 1 amide bonds. The summed E-state index contributed by atoms with van der Waals surface area (Å²) in [6, 6.07) is 3.53. The van der Waals surface area contributed by atoms with Gasteiger partial charge in [0.1, 0.15) is 22.9 Å². The molecule has 0 aliphatic rings. The lowest BCUT2D eigenvalue weighted by atomic mass is 10.1. The van der Waals surface area contributed by atoms with Crippen molar-refractivity contribution in [3.63, 3.8) is 0 Å². The summed E-state index contributed by atoms with van der Waals surface area (Å²) in [5.41, 5.74) is 0.567. The summed E-state index contributed by atoms with van der Waals surface area (Å²) >= 11 is 1.80. The van der Waals surface area contributed by atoms with E-state index in [1.54, 1.807) is 45.2 Å². The second-order valence-corrected chi connectivity index (χ2v) is 9.89. The first kappa shape index (κ1) is 29.5. The van der Waals surface area contributed by atoms with Crippen molar-refractivity contribution >= 4 is 23.4 Å². The molecule has 0 aliphatic heterocycles. The third kappa shape index (κ3) is 11.9. The molecule has 0 saturated carbocycles. The van der Waals surface area contributed by atoms with Crippen LogP contribution >= 0.6 is 11.8 Å². The fourth-order valence-electron chi connectivity index (χ4n) is 3.84. The molecule has 190 valence electrons. The van der Waals surface area contributed by atoms with Gasteiger partial charge in [0.25, 0.3) is 0 Å². The van der Waals surface area contributed by atoms with Crippen molar-refractivity contribution in [2.75, 3.05) is 32.4 Å². The van der Waals surface area contributed by atoms with Gasteiger partial charge in [-0.2, -0.15) is 0 Å². The highest BCUT2D eigenvalue weighted by molar-refractivity contribution is 8.00. The Kier molecular flexibility index (Phi) is 16.8. The minimum atomic E-state index is -0.0667. The van der Waals surface area contributed by atoms with Crippen LogP contribution in [-0.4, -0.2) is 38.2 Å². The molecule has 0 saturated heterocycles. The Balaban J connectivity index is 2.67. The van der Waals surface area contributed by atoms with Crippen LogP contribution in [0.25, 0.3) is 0 Å². The molecule has 1 N–H and O–H groups in total. The number of amides is 1. The third-order valence-electron chi connectivity index (χ3n) is 5.89. The number of hydrogen-bond acceptors (Lipinski definition) is 5. The second kappa shape index (κ2) is 18.8. The van der Waals surface area contributed by atoms with Crippen molar-refractivity contribution in [3.8, 4) is 17.2 Å². The number of methoxy groups -OCH3 is 3. The highest BCUT2D eigenvalue weighted by atomic mass is 32.2. The first-order chi connectivity index (χ1) is 16.1. The SMILES string of the molecule is CCCCCCCCCCSC(CCCCCC)C(=O)Nc1c(OC)cc(OC)cc1OC. The maximum Gasteiger partial charge on any atom is 0.237 e. The van der Waals surface area contributed by atoms with Gasteiger partial charge in [0.15, 0.2) is 0 Å². The summed E-state index contributed by atoms with van der Waals surface area (Å²) in [6.45, 7) is 4.47. The monoisotopic (exact) mass is 481 g/mol. The summed E-state index contributed by atoms with van der Waals surface area (Å²) in [4.78, 5) is 13.3. The predicted molar refractivity (Wildman–Crippen MR) is 142 cm³/mol. The maximum absolute atomic E-state index is 13.3. The molecular formula is C27H47NO4S. The van der Waals surface area contributed by atoms with E-state index >= 15 is 0 Å². The van der Waals surface area contributed by atoms with Gasteiger partial charge in [0.05, 0.1) is 26.6 Å². The van der Waals surface area contributed by atoms with Crippen LogP contribution in [-0.2, 0) is 4.79 Å². The van der Waals surface area contributed by atoms with Gasteiger partial charge >= 0.3 is 0 Å². The number of ether oxygens (including phenoxy) is 3. The highest BCUT2D eigenvalue weighted by Crippen LogP contribution is 2.39. The van der Waals surface area contributed by atoms with E-state index in [2.05, 4.69) is 19.2 Å². The van der Waals surface area contributed by atoms with Crippen LogP contribution in [0.4, 0.5) is 5.69 Å². The Bertz CT molecular complexity index is 628. The van der Waals surface area contributed by atoms with Gasteiger partial charge < -0.3 is 19.5 Å². The van der Waals surface area contributed by atoms with E-state index in [4.69, 9.17) is 14.2 Å². The summed E-state index contributed by atoms with van der Waals surface area (Å²) in [6.07, 6.45) is 16.0. The number of nitrogens with one attached hydrogen (secondary N) is 1. The van der Waals surface area contributed by atoms with Crippen LogP contribution < -0.4 is 19.5 Å². The number of benzene rings is 1. The molecule has 1 unspecified atom stereocenters. The molecule has 1 aromatic rings. The molecule has 1 aromatic carbocycles. The fraction of sp³-hybridized carbons (Fsp3) is 0.741. The smallest absolute Gasteiger partial charge is 0.237 e. The molecule has 5 nitrogen and oxygen atoms in total. The molecule has 0 radical (unpaired) electrons.